The van der Waals surface area contributed by atoms with Crippen LogP contribution in [0, 0.1) is 34.6 Å². The Morgan fingerprint density at radius 2 is 1.42 bits per heavy atom. The average molecular weight is 323 g/mol. The van der Waals surface area contributed by atoms with Gasteiger partial charge in [0, 0.05) is 11.8 Å². The predicted octanol–water partition coefficient (Wildman–Crippen LogP) is 4.42. The van der Waals surface area contributed by atoms with Crippen LogP contribution >= 0.6 is 0 Å². The van der Waals surface area contributed by atoms with E-state index in [0.29, 0.717) is 0 Å². The molecule has 24 heavy (non-hydrogen) atoms. The molecule has 0 heterocycles. The molecule has 2 aromatic rings. The molecular formula is C21H25NO2. The molecule has 2 N–H and O–H groups in total. The van der Waals surface area contributed by atoms with E-state index in [0.717, 1.165) is 44.6 Å². The van der Waals surface area contributed by atoms with Gasteiger partial charge in [-0.2, -0.15) is 0 Å². The number of carbonyl (C=O) groups is 1. The van der Waals surface area contributed by atoms with Gasteiger partial charge in [-0.25, -0.2) is 4.79 Å². The number of benzene rings is 2. The summed E-state index contributed by atoms with van der Waals surface area (Å²) in [6, 6.07) is 8.15. The number of nitrogens with two attached hydrogens (primary N) is 1. The van der Waals surface area contributed by atoms with Crippen LogP contribution in [0.2, 0.25) is 0 Å². The van der Waals surface area contributed by atoms with Gasteiger partial charge in [0.1, 0.15) is 0 Å². The van der Waals surface area contributed by atoms with Crippen molar-refractivity contribution >= 4 is 17.2 Å². The minimum atomic E-state index is -0.364. The summed E-state index contributed by atoms with van der Waals surface area (Å²) in [6.07, 6.45) is 1.56. The molecule has 0 saturated carbocycles. The van der Waals surface area contributed by atoms with E-state index < -0.39 is 0 Å². The summed E-state index contributed by atoms with van der Waals surface area (Å²) in [5.41, 5.74) is 15.4. The van der Waals surface area contributed by atoms with Crippen LogP contribution in [0.1, 0.15) is 38.9 Å². The van der Waals surface area contributed by atoms with Crippen LogP contribution in [0.25, 0.3) is 5.57 Å². The topological polar surface area (TPSA) is 52.3 Å². The molecular weight excluding hydrogens is 298 g/mol. The van der Waals surface area contributed by atoms with Crippen LogP contribution in [0.3, 0.4) is 0 Å². The monoisotopic (exact) mass is 323 g/mol. The number of hydrogen-bond acceptors (Lipinski definition) is 3. The van der Waals surface area contributed by atoms with Crippen LogP contribution in [-0.2, 0) is 9.53 Å². The number of esters is 1. The minimum Gasteiger partial charge on any atom is -0.466 e. The van der Waals surface area contributed by atoms with Gasteiger partial charge < -0.3 is 10.5 Å². The number of carbonyl (C=O) groups excluding carboxylic acids is 1. The Hall–Kier alpha value is -2.55. The normalized spacial score (nSPS) is 11.5. The number of anilines is 1. The lowest BCUT2D eigenvalue weighted by molar-refractivity contribution is -0.134. The third-order valence-electron chi connectivity index (χ3n) is 4.78. The third kappa shape index (κ3) is 3.21. The van der Waals surface area contributed by atoms with E-state index in [9.17, 15) is 4.79 Å². The Morgan fingerprint density at radius 1 is 0.917 bits per heavy atom. The molecule has 0 radical (unpaired) electrons. The second-order valence-corrected chi connectivity index (χ2v) is 6.24. The van der Waals surface area contributed by atoms with Crippen LogP contribution in [-0.4, -0.2) is 13.1 Å². The molecule has 2 rings (SSSR count). The van der Waals surface area contributed by atoms with Crippen molar-refractivity contribution in [2.75, 3.05) is 12.8 Å². The van der Waals surface area contributed by atoms with E-state index in [-0.39, 0.29) is 5.97 Å². The molecule has 126 valence electrons. The van der Waals surface area contributed by atoms with Gasteiger partial charge >= 0.3 is 5.97 Å². The highest BCUT2D eigenvalue weighted by molar-refractivity contribution is 5.98. The maximum Gasteiger partial charge on any atom is 0.331 e. The van der Waals surface area contributed by atoms with E-state index in [2.05, 4.69) is 0 Å². The summed E-state index contributed by atoms with van der Waals surface area (Å²) in [7, 11) is 1.39. The summed E-state index contributed by atoms with van der Waals surface area (Å²) < 4.78 is 4.87. The Bertz CT molecular complexity index is 786. The van der Waals surface area contributed by atoms with Gasteiger partial charge in [0.05, 0.1) is 7.11 Å². The smallest absolute Gasteiger partial charge is 0.331 e. The summed E-state index contributed by atoms with van der Waals surface area (Å²) in [5.74, 6) is -0.364. The Kier molecular flexibility index (Phi) is 5.13. The van der Waals surface area contributed by atoms with E-state index in [1.807, 2.05) is 58.9 Å². The molecule has 0 aliphatic rings. The highest BCUT2D eigenvalue weighted by atomic mass is 16.5. The molecule has 0 aliphatic heterocycles. The van der Waals surface area contributed by atoms with Gasteiger partial charge in [0.2, 0.25) is 0 Å². The Labute approximate surface area is 144 Å². The number of aryl methyl sites for hydroxylation is 1. The molecule has 0 unspecified atom stereocenters. The van der Waals surface area contributed by atoms with Gasteiger partial charge in [-0.15, -0.1) is 0 Å². The van der Waals surface area contributed by atoms with E-state index in [1.165, 1.54) is 12.7 Å². The molecule has 0 aromatic heterocycles. The third-order valence-corrected chi connectivity index (χ3v) is 4.78. The van der Waals surface area contributed by atoms with Crippen molar-refractivity contribution in [3.05, 3.63) is 69.3 Å². The van der Waals surface area contributed by atoms with Crippen molar-refractivity contribution < 1.29 is 9.53 Å². The zero-order valence-electron chi connectivity index (χ0n) is 15.3. The van der Waals surface area contributed by atoms with Crippen LogP contribution in [0.5, 0.6) is 0 Å². The van der Waals surface area contributed by atoms with Crippen LogP contribution in [0.4, 0.5) is 5.69 Å². The number of methoxy groups -OCH3 is 1. The lowest BCUT2D eigenvalue weighted by Gasteiger charge is -2.21. The van der Waals surface area contributed by atoms with Crippen molar-refractivity contribution in [1.82, 2.24) is 0 Å². The standard InChI is InChI=1S/C21H25NO2/c1-12-7-9-17(10-8-12)18(11-19(23)24-6)20-13(2)15(4)21(22)16(5)14(20)3/h7-11H,22H2,1-6H3/b18-11-. The first kappa shape index (κ1) is 17.8. The Morgan fingerprint density at radius 3 is 1.88 bits per heavy atom. The van der Waals surface area contributed by atoms with E-state index in [4.69, 9.17) is 10.5 Å². The number of hydrogen-bond donors (Lipinski definition) is 1. The van der Waals surface area contributed by atoms with Crippen LogP contribution in [0.15, 0.2) is 30.3 Å². The van der Waals surface area contributed by atoms with Crippen LogP contribution < -0.4 is 5.73 Å². The fourth-order valence-electron chi connectivity index (χ4n) is 2.96. The van der Waals surface area contributed by atoms with Gasteiger partial charge in [-0.1, -0.05) is 29.8 Å². The molecule has 0 atom stereocenters. The molecule has 0 aliphatic carbocycles. The first-order valence-corrected chi connectivity index (χ1v) is 8.00. The lowest BCUT2D eigenvalue weighted by Crippen LogP contribution is -2.07. The SMILES string of the molecule is COC(=O)/C=C(/c1ccc(C)cc1)c1c(C)c(C)c(N)c(C)c1C. The predicted molar refractivity (Wildman–Crippen MR) is 100 cm³/mol. The van der Waals surface area contributed by atoms with Crippen molar-refractivity contribution in [2.24, 2.45) is 0 Å². The lowest BCUT2D eigenvalue weighted by atomic mass is 9.85. The maximum atomic E-state index is 12.0. The quantitative estimate of drug-likeness (QED) is 0.517. The van der Waals surface area contributed by atoms with Gasteiger partial charge in [0.15, 0.2) is 0 Å². The molecule has 0 spiro atoms. The van der Waals surface area contributed by atoms with Crippen molar-refractivity contribution in [3.63, 3.8) is 0 Å². The summed E-state index contributed by atoms with van der Waals surface area (Å²) in [6.45, 7) is 10.2. The Balaban J connectivity index is 2.81. The first-order chi connectivity index (χ1) is 11.3. The zero-order valence-corrected chi connectivity index (χ0v) is 15.3. The largest absolute Gasteiger partial charge is 0.466 e. The number of nitrogen functional groups attached to an aromatic ring is 1. The summed E-state index contributed by atoms with van der Waals surface area (Å²) in [4.78, 5) is 12.0. The number of ether oxygens (including phenoxy) is 1. The molecule has 0 amide bonds. The minimum absolute atomic E-state index is 0.364. The molecule has 3 heteroatoms. The highest BCUT2D eigenvalue weighted by Crippen LogP contribution is 2.36. The second kappa shape index (κ2) is 6.91. The molecule has 0 fully saturated rings. The van der Waals surface area contributed by atoms with E-state index in [1.54, 1.807) is 6.08 Å². The van der Waals surface area contributed by atoms with Crippen molar-refractivity contribution in [3.8, 4) is 0 Å². The highest BCUT2D eigenvalue weighted by Gasteiger charge is 2.18. The van der Waals surface area contributed by atoms with E-state index >= 15 is 0 Å². The van der Waals surface area contributed by atoms with Crippen molar-refractivity contribution in [2.45, 2.75) is 34.6 Å². The summed E-state index contributed by atoms with van der Waals surface area (Å²) in [5, 5.41) is 0. The molecule has 2 aromatic carbocycles. The second-order valence-electron chi connectivity index (χ2n) is 6.24. The zero-order chi connectivity index (χ0) is 18.0. The van der Waals surface area contributed by atoms with Gasteiger partial charge in [-0.05, 0) is 73.6 Å². The van der Waals surface area contributed by atoms with Crippen molar-refractivity contribution in [1.29, 1.82) is 0 Å². The maximum absolute atomic E-state index is 12.0. The van der Waals surface area contributed by atoms with Gasteiger partial charge in [0.25, 0.3) is 0 Å². The number of rotatable bonds is 3. The molecule has 0 saturated heterocycles. The average Bonchev–Trinajstić information content (AvgIpc) is 2.58. The molecule has 3 nitrogen and oxygen atoms in total. The first-order valence-electron chi connectivity index (χ1n) is 8.00. The fraction of sp³-hybridized carbons (Fsp3) is 0.286. The fourth-order valence-corrected chi connectivity index (χ4v) is 2.96. The summed E-state index contributed by atoms with van der Waals surface area (Å²) >= 11 is 0. The van der Waals surface area contributed by atoms with Gasteiger partial charge in [-0.3, -0.25) is 0 Å². The molecule has 0 bridgehead atoms.